The SMILES string of the molecule is C[n+]1cc(-c2ccc(OC[C@H](O/N=C(\C(=O)C[C@@H]3C(=O)N(OS(=O)(=O)[O-])C3(C)C)c3csc(N)n3)C(=O)O)cc2)cn1CC1CNC1. The smallest absolute Gasteiger partial charge is 0.351 e. The Morgan fingerprint density at radius 3 is 2.53 bits per heavy atom. The van der Waals surface area contributed by atoms with Gasteiger partial charge in [-0.25, -0.2) is 18.2 Å². The zero-order valence-electron chi connectivity index (χ0n) is 25.6. The van der Waals surface area contributed by atoms with Crippen molar-refractivity contribution in [1.82, 2.24) is 20.0 Å². The molecule has 5 rings (SSSR count). The summed E-state index contributed by atoms with van der Waals surface area (Å²) in [7, 11) is -3.26. The van der Waals surface area contributed by atoms with E-state index in [1.165, 1.54) is 19.2 Å². The number of amides is 1. The van der Waals surface area contributed by atoms with Crippen LogP contribution in [0, 0.1) is 11.8 Å². The van der Waals surface area contributed by atoms with Gasteiger partial charge in [0.2, 0.25) is 16.6 Å². The molecule has 0 unspecified atom stereocenters. The third-order valence-electron chi connectivity index (χ3n) is 7.92. The Morgan fingerprint density at radius 2 is 1.98 bits per heavy atom. The van der Waals surface area contributed by atoms with E-state index in [0.29, 0.717) is 16.7 Å². The number of aliphatic carboxylic acids is 1. The lowest BCUT2D eigenvalue weighted by atomic mass is 9.74. The van der Waals surface area contributed by atoms with Crippen LogP contribution in [0.25, 0.3) is 11.1 Å². The summed E-state index contributed by atoms with van der Waals surface area (Å²) in [5.74, 6) is -3.25. The van der Waals surface area contributed by atoms with E-state index >= 15 is 0 Å². The minimum absolute atomic E-state index is 0.0236. The number of aromatic nitrogens is 3. The molecule has 0 bridgehead atoms. The van der Waals surface area contributed by atoms with Gasteiger partial charge in [0.05, 0.1) is 29.8 Å². The Hall–Kier alpha value is -4.43. The number of thiazole rings is 1. The van der Waals surface area contributed by atoms with Crippen LogP contribution in [-0.4, -0.2) is 87.5 Å². The Labute approximate surface area is 273 Å². The Kier molecular flexibility index (Phi) is 9.64. The van der Waals surface area contributed by atoms with Crippen LogP contribution in [0.3, 0.4) is 0 Å². The minimum atomic E-state index is -5.23. The Morgan fingerprint density at radius 1 is 1.28 bits per heavy atom. The molecular formula is C28H33N7O10S2. The largest absolute Gasteiger partial charge is 0.724 e. The zero-order chi connectivity index (χ0) is 34.1. The van der Waals surface area contributed by atoms with E-state index in [1.807, 2.05) is 30.1 Å². The second-order valence-corrected chi connectivity index (χ2v) is 13.5. The summed E-state index contributed by atoms with van der Waals surface area (Å²) < 4.78 is 47.1. The molecule has 2 fully saturated rings. The molecule has 47 heavy (non-hydrogen) atoms. The number of hydrogen-bond donors (Lipinski definition) is 3. The van der Waals surface area contributed by atoms with Crippen molar-refractivity contribution >= 4 is 50.2 Å². The second-order valence-electron chi connectivity index (χ2n) is 11.7. The van der Waals surface area contributed by atoms with Gasteiger partial charge in [0.1, 0.15) is 18.1 Å². The van der Waals surface area contributed by atoms with Crippen molar-refractivity contribution in [2.24, 2.45) is 24.0 Å². The van der Waals surface area contributed by atoms with Crippen molar-refractivity contribution in [1.29, 1.82) is 0 Å². The first-order valence-corrected chi connectivity index (χ1v) is 16.5. The number of anilines is 1. The number of ketones is 1. The fraction of sp³-hybridized carbons (Fsp3) is 0.429. The molecule has 1 aromatic carbocycles. The quantitative estimate of drug-likeness (QED) is 0.0479. The lowest BCUT2D eigenvalue weighted by molar-refractivity contribution is -0.754. The van der Waals surface area contributed by atoms with Crippen LogP contribution >= 0.6 is 11.3 Å². The average Bonchev–Trinajstić information content (AvgIpc) is 3.58. The number of ether oxygens (including phenoxy) is 1. The summed E-state index contributed by atoms with van der Waals surface area (Å²) in [6.45, 7) is 5.24. The van der Waals surface area contributed by atoms with Gasteiger partial charge in [-0.1, -0.05) is 17.3 Å². The van der Waals surface area contributed by atoms with Gasteiger partial charge in [-0.2, -0.15) is 14.0 Å². The molecule has 2 aliphatic rings. The molecule has 0 spiro atoms. The molecule has 4 N–H and O–H groups in total. The number of Topliss-reactive ketones (excluding diaryl/α,β-unsaturated/α-hetero) is 1. The molecular weight excluding hydrogens is 658 g/mol. The maximum absolute atomic E-state index is 13.3. The van der Waals surface area contributed by atoms with Crippen LogP contribution < -0.4 is 20.5 Å². The monoisotopic (exact) mass is 691 g/mol. The van der Waals surface area contributed by atoms with Crippen LogP contribution in [0.1, 0.15) is 26.0 Å². The fourth-order valence-corrected chi connectivity index (χ4v) is 6.09. The molecule has 2 aromatic heterocycles. The van der Waals surface area contributed by atoms with E-state index in [2.05, 4.69) is 30.6 Å². The highest BCUT2D eigenvalue weighted by atomic mass is 32.3. The van der Waals surface area contributed by atoms with E-state index in [1.54, 1.807) is 12.1 Å². The minimum Gasteiger partial charge on any atom is -0.724 e. The zero-order valence-corrected chi connectivity index (χ0v) is 27.2. The summed E-state index contributed by atoms with van der Waals surface area (Å²) in [6, 6.07) is 7.08. The molecule has 252 valence electrons. The first-order valence-electron chi connectivity index (χ1n) is 14.3. The Balaban J connectivity index is 1.24. The first kappa shape index (κ1) is 33.9. The van der Waals surface area contributed by atoms with Crippen LogP contribution in [0.2, 0.25) is 0 Å². The molecule has 0 saturated carbocycles. The molecule has 17 nitrogen and oxygen atoms in total. The predicted molar refractivity (Wildman–Crippen MR) is 163 cm³/mol. The third-order valence-corrected chi connectivity index (χ3v) is 8.93. The number of hydrogen-bond acceptors (Lipinski definition) is 14. The highest BCUT2D eigenvalue weighted by Crippen LogP contribution is 2.40. The van der Waals surface area contributed by atoms with Crippen molar-refractivity contribution in [3.8, 4) is 16.9 Å². The molecule has 2 aliphatic heterocycles. The lowest BCUT2D eigenvalue weighted by Crippen LogP contribution is -2.68. The van der Waals surface area contributed by atoms with E-state index in [9.17, 15) is 32.5 Å². The van der Waals surface area contributed by atoms with E-state index in [0.717, 1.165) is 42.1 Å². The number of carbonyl (C=O) groups excluding carboxylic acids is 2. The van der Waals surface area contributed by atoms with Crippen LogP contribution in [0.15, 0.2) is 47.2 Å². The summed E-state index contributed by atoms with van der Waals surface area (Å²) in [4.78, 5) is 47.1. The van der Waals surface area contributed by atoms with Gasteiger partial charge in [-0.15, -0.1) is 16.0 Å². The van der Waals surface area contributed by atoms with Crippen LogP contribution in [-0.2, 0) is 47.5 Å². The molecule has 1 amide bonds. The van der Waals surface area contributed by atoms with Crippen molar-refractivity contribution in [2.75, 3.05) is 25.4 Å². The average molecular weight is 692 g/mol. The summed E-state index contributed by atoms with van der Waals surface area (Å²) in [6.07, 6.45) is 1.93. The molecule has 2 atom stereocenters. The summed E-state index contributed by atoms with van der Waals surface area (Å²) >= 11 is 0.987. The van der Waals surface area contributed by atoms with E-state index in [4.69, 9.17) is 15.3 Å². The maximum Gasteiger partial charge on any atom is 0.351 e. The number of nitrogens with one attached hydrogen (secondary N) is 1. The predicted octanol–water partition coefficient (Wildman–Crippen LogP) is 0.0786. The van der Waals surface area contributed by atoms with E-state index < -0.39 is 64.4 Å². The summed E-state index contributed by atoms with van der Waals surface area (Å²) in [5.41, 5.74) is 5.88. The number of aryl methyl sites for hydroxylation is 1. The van der Waals surface area contributed by atoms with Gasteiger partial charge < -0.3 is 30.3 Å². The van der Waals surface area contributed by atoms with Crippen molar-refractivity contribution in [3.05, 3.63) is 47.7 Å². The number of nitrogens with zero attached hydrogens (tertiary/aromatic N) is 5. The number of nitrogen functional groups attached to an aromatic ring is 1. The molecule has 4 heterocycles. The van der Waals surface area contributed by atoms with Crippen molar-refractivity contribution in [2.45, 2.75) is 38.5 Å². The molecule has 3 aromatic rings. The normalized spacial score (nSPS) is 18.7. The molecule has 0 radical (unpaired) electrons. The standard InChI is InChI=1S/C28H33N7O10S2/c1-28(2)20(25(37)35(28)45-47(40,41)42)8-22(36)24(21-15-46-27(29)31-21)32-44-23(26(38)39)14-43-19-6-4-17(5-7-19)18-12-33(3)34(13-18)11-16-9-30-10-16/h4-7,12-13,15-16,20,23,30H,8-11,14H2,1-3H3,(H3-,29,31,38,39,40,41,42)/b32-24-/t20-,23+/m1/s1. The van der Waals surface area contributed by atoms with Gasteiger partial charge >= 0.3 is 5.97 Å². The molecule has 2 saturated heterocycles. The highest BCUT2D eigenvalue weighted by Gasteiger charge is 2.57. The number of rotatable bonds is 15. The van der Waals surface area contributed by atoms with Crippen LogP contribution in [0.4, 0.5) is 5.13 Å². The lowest BCUT2D eigenvalue weighted by Gasteiger charge is -2.51. The maximum atomic E-state index is 13.3. The third kappa shape index (κ3) is 7.76. The molecule has 19 heteroatoms. The van der Waals surface area contributed by atoms with Gasteiger partial charge in [0.25, 0.3) is 12.0 Å². The number of nitrogens with two attached hydrogens (primary N) is 1. The number of carboxylic acid groups (broad SMARTS) is 1. The summed E-state index contributed by atoms with van der Waals surface area (Å²) in [5, 5.41) is 18.7. The van der Waals surface area contributed by atoms with Gasteiger partial charge in [-0.3, -0.25) is 9.59 Å². The van der Waals surface area contributed by atoms with Gasteiger partial charge in [-0.05, 0) is 31.5 Å². The molecule has 0 aliphatic carbocycles. The van der Waals surface area contributed by atoms with Gasteiger partial charge in [0.15, 0.2) is 23.7 Å². The second kappa shape index (κ2) is 13.4. The number of hydroxylamine groups is 2. The van der Waals surface area contributed by atoms with E-state index in [-0.39, 0.29) is 10.8 Å². The van der Waals surface area contributed by atoms with Crippen LogP contribution in [0.5, 0.6) is 5.75 Å². The number of benzene rings is 1. The Bertz CT molecular complexity index is 1800. The number of β-lactam (4-membered cyclic amide) rings is 1. The fourth-order valence-electron chi connectivity index (χ4n) is 5.09. The number of oxime groups is 1. The number of carbonyl (C=O) groups is 3. The van der Waals surface area contributed by atoms with Gasteiger partial charge in [0, 0.05) is 30.8 Å². The topological polar surface area (TPSA) is 232 Å². The first-order chi connectivity index (χ1) is 22.1. The van der Waals surface area contributed by atoms with Crippen molar-refractivity contribution in [3.63, 3.8) is 0 Å². The highest BCUT2D eigenvalue weighted by molar-refractivity contribution is 7.80. The van der Waals surface area contributed by atoms with Crippen molar-refractivity contribution < 1.29 is 51.0 Å². The number of carboxylic acids is 1.